The Balaban J connectivity index is 0. The molecule has 0 fully saturated rings. The van der Waals surface area contributed by atoms with Gasteiger partial charge >= 0.3 is 29.6 Å². The molecule has 0 aromatic heterocycles. The Morgan fingerprint density at radius 3 is 2.45 bits per heavy atom. The Labute approximate surface area is 91.1 Å². The zero-order valence-corrected chi connectivity index (χ0v) is 9.76. The summed E-state index contributed by atoms with van der Waals surface area (Å²) in [4.78, 5) is 0. The third kappa shape index (κ3) is 7.39. The van der Waals surface area contributed by atoms with Crippen molar-refractivity contribution in [2.45, 2.75) is 26.6 Å². The molecule has 0 bridgehead atoms. The molecule has 0 amide bonds. The minimum atomic E-state index is -2.62. The zero-order chi connectivity index (χ0) is 8.15. The summed E-state index contributed by atoms with van der Waals surface area (Å²) in [5.74, 6) is -0.155. The molecule has 0 aliphatic carbocycles. The van der Waals surface area contributed by atoms with E-state index in [2.05, 4.69) is 4.18 Å². The van der Waals surface area contributed by atoms with Crippen LogP contribution in [-0.2, 0) is 15.5 Å². The minimum absolute atomic E-state index is 0. The largest absolute Gasteiger partial charge is 1.00 e. The predicted molar refractivity (Wildman–Crippen MR) is 35.5 cm³/mol. The first kappa shape index (κ1) is 14.5. The summed E-state index contributed by atoms with van der Waals surface area (Å²) < 4.78 is 23.8. The van der Waals surface area contributed by atoms with E-state index in [1.807, 2.05) is 6.92 Å². The van der Waals surface area contributed by atoms with Crippen molar-refractivity contribution in [3.05, 3.63) is 0 Å². The molecule has 0 aliphatic rings. The molecule has 0 saturated carbocycles. The van der Waals surface area contributed by atoms with Crippen LogP contribution in [0.25, 0.3) is 0 Å². The molecule has 0 aromatic carbocycles. The Morgan fingerprint density at radius 1 is 1.73 bits per heavy atom. The van der Waals surface area contributed by atoms with Gasteiger partial charge in [0, 0.05) is 5.92 Å². The number of aliphatic hydroxyl groups is 1. The van der Waals surface area contributed by atoms with Crippen molar-refractivity contribution in [2.75, 3.05) is 0 Å². The van der Waals surface area contributed by atoms with Crippen LogP contribution in [0.4, 0.5) is 0 Å². The van der Waals surface area contributed by atoms with Gasteiger partial charge < -0.3 is 9.66 Å². The number of hydrogen-bond donors (Lipinski definition) is 1. The molecule has 0 saturated heterocycles. The maximum atomic E-state index is 9.85. The second-order valence-electron chi connectivity index (χ2n) is 2.08. The number of aliphatic hydroxyl groups excluding tert-OH is 1. The summed E-state index contributed by atoms with van der Waals surface area (Å²) in [5, 5.41) is 8.87. The van der Waals surface area contributed by atoms with Crippen LogP contribution >= 0.6 is 0 Å². The summed E-state index contributed by atoms with van der Waals surface area (Å²) in [6.45, 7) is 3.54. The maximum Gasteiger partial charge on any atom is 1.00 e. The van der Waals surface area contributed by atoms with E-state index >= 15 is 0 Å². The molecule has 0 radical (unpaired) electrons. The van der Waals surface area contributed by atoms with Gasteiger partial charge in [0.2, 0.25) is 0 Å². The quantitative estimate of drug-likeness (QED) is 0.294. The van der Waals surface area contributed by atoms with Crippen molar-refractivity contribution in [1.82, 2.24) is 0 Å². The summed E-state index contributed by atoms with van der Waals surface area (Å²) in [6, 6.07) is 0. The van der Waals surface area contributed by atoms with Crippen LogP contribution in [0, 0.1) is 5.92 Å². The van der Waals surface area contributed by atoms with E-state index in [1.54, 1.807) is 6.92 Å². The van der Waals surface area contributed by atoms with Gasteiger partial charge in [0.05, 0.1) is 11.4 Å². The first-order valence-electron chi connectivity index (χ1n) is 3.02. The standard InChI is InChI=1S/C5H12O4S.Na/c1-3-4(2)5(6)9-10(7)8;/h4-6H,3H2,1-2H3,(H,7,8);/q;+1/p-1. The molecule has 3 unspecified atom stereocenters. The average molecular weight is 190 g/mol. The number of rotatable bonds is 4. The van der Waals surface area contributed by atoms with Gasteiger partial charge in [0.1, 0.15) is 0 Å². The SMILES string of the molecule is CCC(C)C(O)OS(=O)[O-].[Na+]. The fraction of sp³-hybridized carbons (Fsp3) is 1.00. The van der Waals surface area contributed by atoms with Gasteiger partial charge in [0.25, 0.3) is 0 Å². The van der Waals surface area contributed by atoms with Crippen molar-refractivity contribution < 1.29 is 47.6 Å². The van der Waals surface area contributed by atoms with Crippen molar-refractivity contribution >= 4 is 11.4 Å². The first-order valence-corrected chi connectivity index (χ1v) is 4.02. The molecule has 62 valence electrons. The van der Waals surface area contributed by atoms with Crippen LogP contribution in [0.3, 0.4) is 0 Å². The third-order valence-electron chi connectivity index (χ3n) is 1.31. The van der Waals surface area contributed by atoms with Crippen molar-refractivity contribution in [3.63, 3.8) is 0 Å². The van der Waals surface area contributed by atoms with Crippen LogP contribution in [0.15, 0.2) is 0 Å². The van der Waals surface area contributed by atoms with E-state index in [-0.39, 0.29) is 35.5 Å². The molecule has 3 atom stereocenters. The topological polar surface area (TPSA) is 69.6 Å². The molecule has 0 aliphatic heterocycles. The predicted octanol–water partition coefficient (Wildman–Crippen LogP) is -2.83. The van der Waals surface area contributed by atoms with Crippen molar-refractivity contribution in [2.24, 2.45) is 5.92 Å². The van der Waals surface area contributed by atoms with E-state index in [9.17, 15) is 8.76 Å². The second-order valence-corrected chi connectivity index (χ2v) is 2.68. The van der Waals surface area contributed by atoms with E-state index in [1.165, 1.54) is 0 Å². The van der Waals surface area contributed by atoms with E-state index in [0.29, 0.717) is 6.42 Å². The van der Waals surface area contributed by atoms with Crippen molar-refractivity contribution in [3.8, 4) is 0 Å². The fourth-order valence-electron chi connectivity index (χ4n) is 0.377. The van der Waals surface area contributed by atoms with Crippen LogP contribution < -0.4 is 29.6 Å². The number of hydrogen-bond acceptors (Lipinski definition) is 4. The van der Waals surface area contributed by atoms with Gasteiger partial charge in [-0.3, -0.25) is 4.18 Å². The molecule has 0 aromatic rings. The van der Waals surface area contributed by atoms with Gasteiger partial charge in [-0.2, -0.15) is 0 Å². The molecule has 0 heterocycles. The molecule has 6 heteroatoms. The smallest absolute Gasteiger partial charge is 0.750 e. The first-order chi connectivity index (χ1) is 4.57. The van der Waals surface area contributed by atoms with E-state index < -0.39 is 17.7 Å². The molecule has 0 spiro atoms. The van der Waals surface area contributed by atoms with Gasteiger partial charge in [0.15, 0.2) is 6.29 Å². The minimum Gasteiger partial charge on any atom is -0.750 e. The summed E-state index contributed by atoms with van der Waals surface area (Å²) >= 11 is -2.62. The summed E-state index contributed by atoms with van der Waals surface area (Å²) in [6.07, 6.45) is -0.526. The normalized spacial score (nSPS) is 18.2. The summed E-state index contributed by atoms with van der Waals surface area (Å²) in [7, 11) is 0. The molecular weight excluding hydrogens is 179 g/mol. The zero-order valence-electron chi connectivity index (χ0n) is 6.94. The van der Waals surface area contributed by atoms with Crippen LogP contribution in [0.2, 0.25) is 0 Å². The van der Waals surface area contributed by atoms with Crippen LogP contribution in [0.1, 0.15) is 20.3 Å². The molecule has 11 heavy (non-hydrogen) atoms. The Hall–Kier alpha value is 1.03. The molecule has 1 N–H and O–H groups in total. The van der Waals surface area contributed by atoms with Gasteiger partial charge in [-0.25, -0.2) is 4.21 Å². The summed E-state index contributed by atoms with van der Waals surface area (Å²) in [5.41, 5.74) is 0. The van der Waals surface area contributed by atoms with Gasteiger partial charge in [-0.15, -0.1) is 0 Å². The monoisotopic (exact) mass is 190 g/mol. The maximum absolute atomic E-state index is 9.85. The van der Waals surface area contributed by atoms with Crippen molar-refractivity contribution in [1.29, 1.82) is 0 Å². The second kappa shape index (κ2) is 7.67. The molecule has 4 nitrogen and oxygen atoms in total. The Kier molecular flexibility index (Phi) is 10.1. The Morgan fingerprint density at radius 2 is 2.18 bits per heavy atom. The fourth-order valence-corrected chi connectivity index (χ4v) is 0.728. The van der Waals surface area contributed by atoms with E-state index in [0.717, 1.165) is 0 Å². The molecular formula is C5H11NaO4S. The van der Waals surface area contributed by atoms with Gasteiger partial charge in [-0.05, 0) is 6.42 Å². The molecule has 0 rings (SSSR count). The third-order valence-corrected chi connectivity index (χ3v) is 1.66. The van der Waals surface area contributed by atoms with Crippen LogP contribution in [0.5, 0.6) is 0 Å². The Bertz CT molecular complexity index is 121. The van der Waals surface area contributed by atoms with Gasteiger partial charge in [-0.1, -0.05) is 13.8 Å². The van der Waals surface area contributed by atoms with Crippen LogP contribution in [-0.4, -0.2) is 20.2 Å². The van der Waals surface area contributed by atoms with E-state index in [4.69, 9.17) is 5.11 Å². The average Bonchev–Trinajstić information content (AvgIpc) is 1.85.